The Kier molecular flexibility index (Phi) is 56.3. The molecule has 406 valence electrons. The topological polar surface area (TPSA) is 78.9 Å². The van der Waals surface area contributed by atoms with Gasteiger partial charge in [-0.2, -0.15) is 0 Å². The molecule has 0 aliphatic rings. The number of allylic oxidation sites excluding steroid dienone is 9. The highest BCUT2D eigenvalue weighted by molar-refractivity contribution is 5.72. The van der Waals surface area contributed by atoms with Crippen molar-refractivity contribution >= 4 is 17.9 Å². The zero-order chi connectivity index (χ0) is 50.7. The number of ether oxygens (including phenoxy) is 3. The van der Waals surface area contributed by atoms with Crippen molar-refractivity contribution in [3.63, 3.8) is 0 Å². The maximum atomic E-state index is 12.8. The summed E-state index contributed by atoms with van der Waals surface area (Å²) in [6.07, 6.45) is 74.1. The summed E-state index contributed by atoms with van der Waals surface area (Å²) in [7, 11) is 0. The van der Waals surface area contributed by atoms with Crippen LogP contribution in [0, 0.1) is 0 Å². The third-order valence-corrected chi connectivity index (χ3v) is 13.3. The number of carbonyl (C=O) groups excluding carboxylic acids is 3. The molecule has 0 heterocycles. The van der Waals surface area contributed by atoms with E-state index in [0.717, 1.165) is 70.6 Å². The summed E-state index contributed by atoms with van der Waals surface area (Å²) in [5.74, 6) is -1.03. The average Bonchev–Trinajstić information content (AvgIpc) is 3.36. The summed E-state index contributed by atoms with van der Waals surface area (Å²) in [5, 5.41) is 0. The molecule has 0 saturated carbocycles. The zero-order valence-corrected chi connectivity index (χ0v) is 46.5. The molecule has 0 bridgehead atoms. The third kappa shape index (κ3) is 56.0. The van der Waals surface area contributed by atoms with E-state index in [1.54, 1.807) is 6.08 Å². The first-order valence-corrected chi connectivity index (χ1v) is 30.3. The minimum atomic E-state index is -0.825. The largest absolute Gasteiger partial charge is 0.462 e. The standard InChI is InChI=1S/C64H114O6/c1-4-7-10-13-16-19-22-24-26-27-28-29-30-31-32-33-34-35-36-38-39-42-45-48-51-54-57-63(66)69-60-61(59-68-62(65)56-53-50-47-44-41-21-18-15-12-9-6-3)70-64(67)58-55-52-49-46-43-40-37-25-23-20-17-14-11-8-5-2/h8,11,17,20,25,37,43,46,52,55,61H,4-7,9-10,12-16,18-19,21-24,26-36,38-42,44-45,47-51,53-54,56-60H2,1-3H3/b11-8-,20-17-,37-25-,46-43-,55-52-. The molecule has 0 aromatic rings. The lowest BCUT2D eigenvalue weighted by molar-refractivity contribution is -0.166. The molecule has 0 N–H and O–H groups in total. The molecule has 70 heavy (non-hydrogen) atoms. The highest BCUT2D eigenvalue weighted by Gasteiger charge is 2.19. The van der Waals surface area contributed by atoms with Gasteiger partial charge in [0.05, 0.1) is 6.42 Å². The third-order valence-electron chi connectivity index (χ3n) is 13.3. The lowest BCUT2D eigenvalue weighted by Gasteiger charge is -2.18. The summed E-state index contributed by atoms with van der Waals surface area (Å²) in [6, 6.07) is 0. The van der Waals surface area contributed by atoms with Gasteiger partial charge in [0.2, 0.25) is 0 Å². The van der Waals surface area contributed by atoms with Gasteiger partial charge in [0.1, 0.15) is 13.2 Å². The van der Waals surface area contributed by atoms with Crippen molar-refractivity contribution in [1.29, 1.82) is 0 Å². The Hall–Kier alpha value is -2.89. The number of unbranched alkanes of at least 4 members (excludes halogenated alkanes) is 35. The lowest BCUT2D eigenvalue weighted by Crippen LogP contribution is -2.30. The van der Waals surface area contributed by atoms with Crippen LogP contribution in [0.4, 0.5) is 0 Å². The maximum absolute atomic E-state index is 12.8. The van der Waals surface area contributed by atoms with Gasteiger partial charge in [-0.25, -0.2) is 0 Å². The summed E-state index contributed by atoms with van der Waals surface area (Å²) in [5.41, 5.74) is 0. The Balaban J connectivity index is 4.25. The van der Waals surface area contributed by atoms with Gasteiger partial charge in [0.15, 0.2) is 6.10 Å². The van der Waals surface area contributed by atoms with E-state index in [0.29, 0.717) is 12.8 Å². The van der Waals surface area contributed by atoms with E-state index in [4.69, 9.17) is 14.2 Å². The van der Waals surface area contributed by atoms with Crippen molar-refractivity contribution in [1.82, 2.24) is 0 Å². The molecule has 0 radical (unpaired) electrons. The number of esters is 3. The molecule has 0 aliphatic carbocycles. The molecular formula is C64H114O6. The Morgan fingerprint density at radius 1 is 0.300 bits per heavy atom. The molecule has 0 aromatic heterocycles. The molecule has 6 nitrogen and oxygen atoms in total. The summed E-state index contributed by atoms with van der Waals surface area (Å²) < 4.78 is 16.7. The fourth-order valence-electron chi connectivity index (χ4n) is 8.82. The van der Waals surface area contributed by atoms with Crippen LogP contribution < -0.4 is 0 Å². The molecule has 6 heteroatoms. The average molecular weight is 980 g/mol. The number of rotatable bonds is 55. The van der Waals surface area contributed by atoms with E-state index in [-0.39, 0.29) is 31.6 Å². The second-order valence-corrected chi connectivity index (χ2v) is 20.3. The van der Waals surface area contributed by atoms with E-state index >= 15 is 0 Å². The molecule has 0 saturated heterocycles. The highest BCUT2D eigenvalue weighted by atomic mass is 16.6. The van der Waals surface area contributed by atoms with Crippen molar-refractivity contribution in [3.8, 4) is 0 Å². The Morgan fingerprint density at radius 3 is 0.814 bits per heavy atom. The van der Waals surface area contributed by atoms with Gasteiger partial charge in [-0.15, -0.1) is 0 Å². The predicted molar refractivity (Wildman–Crippen MR) is 302 cm³/mol. The summed E-state index contributed by atoms with van der Waals surface area (Å²) in [6.45, 7) is 6.47. The van der Waals surface area contributed by atoms with Gasteiger partial charge in [0.25, 0.3) is 0 Å². The number of hydrogen-bond acceptors (Lipinski definition) is 6. The van der Waals surface area contributed by atoms with Gasteiger partial charge in [0, 0.05) is 12.8 Å². The van der Waals surface area contributed by atoms with Crippen molar-refractivity contribution < 1.29 is 28.6 Å². The van der Waals surface area contributed by atoms with Crippen LogP contribution in [0.1, 0.15) is 310 Å². The van der Waals surface area contributed by atoms with Crippen LogP contribution in [0.5, 0.6) is 0 Å². The first-order valence-electron chi connectivity index (χ1n) is 30.3. The first kappa shape index (κ1) is 67.1. The summed E-state index contributed by atoms with van der Waals surface area (Å²) >= 11 is 0. The van der Waals surface area contributed by atoms with E-state index in [1.807, 2.05) is 6.08 Å². The van der Waals surface area contributed by atoms with Gasteiger partial charge in [-0.3, -0.25) is 14.4 Å². The SMILES string of the molecule is CC/C=C\C/C=C\C/C=C\C/C=C\C/C=C\CC(=O)OC(COC(=O)CCCCCCCCCCCCC)COC(=O)CCCCCCCCCCCCCCCCCCCCCCCCCCCC. The van der Waals surface area contributed by atoms with Crippen molar-refractivity contribution in [3.05, 3.63) is 60.8 Å². The van der Waals surface area contributed by atoms with E-state index in [2.05, 4.69) is 69.4 Å². The van der Waals surface area contributed by atoms with Crippen LogP contribution in [0.15, 0.2) is 60.8 Å². The lowest BCUT2D eigenvalue weighted by atomic mass is 10.0. The van der Waals surface area contributed by atoms with Crippen LogP contribution in [0.3, 0.4) is 0 Å². The maximum Gasteiger partial charge on any atom is 0.310 e. The van der Waals surface area contributed by atoms with Crippen LogP contribution in [-0.4, -0.2) is 37.2 Å². The van der Waals surface area contributed by atoms with Crippen molar-refractivity contribution in [2.24, 2.45) is 0 Å². The van der Waals surface area contributed by atoms with Gasteiger partial charge < -0.3 is 14.2 Å². The van der Waals surface area contributed by atoms with Gasteiger partial charge in [-0.1, -0.05) is 306 Å². The fraction of sp³-hybridized carbons (Fsp3) is 0.797. The molecule has 1 unspecified atom stereocenters. The molecule has 0 fully saturated rings. The Morgan fingerprint density at radius 2 is 0.543 bits per heavy atom. The number of carbonyl (C=O) groups is 3. The highest BCUT2D eigenvalue weighted by Crippen LogP contribution is 2.17. The second kappa shape index (κ2) is 58.7. The molecule has 0 amide bonds. The molecule has 0 aromatic carbocycles. The van der Waals surface area contributed by atoms with Gasteiger partial charge in [-0.05, 0) is 44.9 Å². The molecule has 0 aliphatic heterocycles. The monoisotopic (exact) mass is 979 g/mol. The van der Waals surface area contributed by atoms with Gasteiger partial charge >= 0.3 is 17.9 Å². The first-order chi connectivity index (χ1) is 34.5. The fourth-order valence-corrected chi connectivity index (χ4v) is 8.82. The predicted octanol–water partition coefficient (Wildman–Crippen LogP) is 20.4. The van der Waals surface area contributed by atoms with E-state index in [9.17, 15) is 14.4 Å². The van der Waals surface area contributed by atoms with Crippen molar-refractivity contribution in [2.75, 3.05) is 13.2 Å². The normalized spacial score (nSPS) is 12.4. The van der Waals surface area contributed by atoms with E-state index < -0.39 is 12.1 Å². The van der Waals surface area contributed by atoms with E-state index in [1.165, 1.54) is 199 Å². The minimum Gasteiger partial charge on any atom is -0.462 e. The van der Waals surface area contributed by atoms with Crippen molar-refractivity contribution in [2.45, 2.75) is 316 Å². The molecule has 0 rings (SSSR count). The Bertz CT molecular complexity index is 1260. The molecule has 1 atom stereocenters. The summed E-state index contributed by atoms with van der Waals surface area (Å²) in [4.78, 5) is 38.0. The Labute approximate surface area is 434 Å². The minimum absolute atomic E-state index is 0.101. The second-order valence-electron chi connectivity index (χ2n) is 20.3. The number of hydrogen-bond donors (Lipinski definition) is 0. The quantitative estimate of drug-likeness (QED) is 0.0261. The smallest absolute Gasteiger partial charge is 0.310 e. The molecule has 0 spiro atoms. The van der Waals surface area contributed by atoms with Crippen LogP contribution >= 0.6 is 0 Å². The van der Waals surface area contributed by atoms with Crippen LogP contribution in [0.25, 0.3) is 0 Å². The van der Waals surface area contributed by atoms with Crippen LogP contribution in [0.2, 0.25) is 0 Å². The van der Waals surface area contributed by atoms with Crippen LogP contribution in [-0.2, 0) is 28.6 Å². The molecular weight excluding hydrogens is 865 g/mol. The zero-order valence-electron chi connectivity index (χ0n) is 46.5.